The van der Waals surface area contributed by atoms with Gasteiger partial charge in [0.05, 0.1) is 15.2 Å². The minimum absolute atomic E-state index is 0.122. The van der Waals surface area contributed by atoms with Gasteiger partial charge in [-0.2, -0.15) is 5.10 Å². The number of anilines is 1. The van der Waals surface area contributed by atoms with Gasteiger partial charge in [-0.05, 0) is 39.9 Å². The molecule has 0 bridgehead atoms. The van der Waals surface area contributed by atoms with Gasteiger partial charge in [-0.3, -0.25) is 9.48 Å². The lowest BCUT2D eigenvalue weighted by molar-refractivity contribution is 0.0775. The van der Waals surface area contributed by atoms with E-state index in [2.05, 4.69) is 21.0 Å². The highest BCUT2D eigenvalue weighted by atomic mass is 79.9. The van der Waals surface area contributed by atoms with Crippen LogP contribution < -0.4 is 5.73 Å². The van der Waals surface area contributed by atoms with Crippen LogP contribution in [0.4, 0.5) is 5.69 Å². The number of hydrogen-bond acceptors (Lipinski definition) is 4. The van der Waals surface area contributed by atoms with Gasteiger partial charge in [-0.1, -0.05) is 0 Å². The molecule has 2 heterocycles. The summed E-state index contributed by atoms with van der Waals surface area (Å²) in [5.41, 5.74) is 8.56. The molecule has 0 aliphatic heterocycles. The van der Waals surface area contributed by atoms with Gasteiger partial charge < -0.3 is 10.6 Å². The van der Waals surface area contributed by atoms with Crippen molar-refractivity contribution in [3.05, 3.63) is 32.2 Å². The molecule has 7 heteroatoms. The van der Waals surface area contributed by atoms with Gasteiger partial charge in [-0.15, -0.1) is 11.3 Å². The molecule has 0 unspecified atom stereocenters. The molecule has 0 radical (unpaired) electrons. The Kier molecular flexibility index (Phi) is 3.96. The highest BCUT2D eigenvalue weighted by molar-refractivity contribution is 9.11. The van der Waals surface area contributed by atoms with Crippen LogP contribution in [0.5, 0.6) is 0 Å². The first kappa shape index (κ1) is 14.1. The van der Waals surface area contributed by atoms with E-state index in [1.165, 1.54) is 4.68 Å². The summed E-state index contributed by atoms with van der Waals surface area (Å²) in [5.74, 6) is -0.122. The zero-order valence-corrected chi connectivity index (χ0v) is 13.4. The Bertz CT molecular complexity index is 619. The lowest BCUT2D eigenvalue weighted by Gasteiger charge is -2.16. The Morgan fingerprint density at radius 2 is 2.32 bits per heavy atom. The average Bonchev–Trinajstić information content (AvgIpc) is 2.84. The molecule has 1 amide bonds. The van der Waals surface area contributed by atoms with Crippen molar-refractivity contribution in [3.8, 4) is 0 Å². The summed E-state index contributed by atoms with van der Waals surface area (Å²) in [6, 6.07) is 2.01. The third-order valence-corrected chi connectivity index (χ3v) is 4.41. The minimum Gasteiger partial charge on any atom is -0.395 e. The molecule has 102 valence electrons. The SMILES string of the molecule is Cc1nn(C)c(C(=O)N(C)Cc2csc(Br)c2)c1N. The van der Waals surface area contributed by atoms with Gasteiger partial charge in [0.1, 0.15) is 5.69 Å². The van der Waals surface area contributed by atoms with Crippen molar-refractivity contribution in [2.75, 3.05) is 12.8 Å². The highest BCUT2D eigenvalue weighted by Gasteiger charge is 2.21. The Balaban J connectivity index is 2.19. The number of nitrogen functional groups attached to an aromatic ring is 1. The van der Waals surface area contributed by atoms with E-state index < -0.39 is 0 Å². The van der Waals surface area contributed by atoms with E-state index in [0.717, 1.165) is 9.35 Å². The van der Waals surface area contributed by atoms with Gasteiger partial charge in [0.2, 0.25) is 0 Å². The summed E-state index contributed by atoms with van der Waals surface area (Å²) < 4.78 is 2.59. The molecule has 0 spiro atoms. The topological polar surface area (TPSA) is 64.2 Å². The van der Waals surface area contributed by atoms with E-state index >= 15 is 0 Å². The second kappa shape index (κ2) is 5.34. The van der Waals surface area contributed by atoms with Gasteiger partial charge in [-0.25, -0.2) is 0 Å². The Hall–Kier alpha value is -1.34. The predicted octanol–water partition coefficient (Wildman–Crippen LogP) is 2.41. The van der Waals surface area contributed by atoms with Crippen LogP contribution >= 0.6 is 27.3 Å². The van der Waals surface area contributed by atoms with Crippen LogP contribution in [0.2, 0.25) is 0 Å². The zero-order valence-electron chi connectivity index (χ0n) is 11.0. The van der Waals surface area contributed by atoms with E-state index in [9.17, 15) is 4.79 Å². The van der Waals surface area contributed by atoms with Crippen LogP contribution in [0.1, 0.15) is 21.7 Å². The van der Waals surface area contributed by atoms with Crippen LogP contribution in [-0.2, 0) is 13.6 Å². The van der Waals surface area contributed by atoms with Crippen molar-refractivity contribution >= 4 is 38.9 Å². The molecule has 2 rings (SSSR count). The number of thiophene rings is 1. The molecule has 0 aromatic carbocycles. The minimum atomic E-state index is -0.122. The molecule has 5 nitrogen and oxygen atoms in total. The van der Waals surface area contributed by atoms with E-state index in [4.69, 9.17) is 5.73 Å². The first-order valence-electron chi connectivity index (χ1n) is 5.67. The zero-order chi connectivity index (χ0) is 14.2. The number of nitrogens with two attached hydrogens (primary N) is 1. The Labute approximate surface area is 124 Å². The van der Waals surface area contributed by atoms with Crippen LogP contribution in [0.15, 0.2) is 15.2 Å². The molecule has 2 aromatic heterocycles. The van der Waals surface area contributed by atoms with Gasteiger partial charge >= 0.3 is 0 Å². The molecule has 2 aromatic rings. The van der Waals surface area contributed by atoms with Gasteiger partial charge in [0.25, 0.3) is 5.91 Å². The number of halogens is 1. The third kappa shape index (κ3) is 2.82. The molecule has 19 heavy (non-hydrogen) atoms. The van der Waals surface area contributed by atoms with Crippen molar-refractivity contribution in [2.45, 2.75) is 13.5 Å². The van der Waals surface area contributed by atoms with E-state index in [1.807, 2.05) is 11.4 Å². The van der Waals surface area contributed by atoms with Crippen molar-refractivity contribution in [1.82, 2.24) is 14.7 Å². The van der Waals surface area contributed by atoms with E-state index in [1.54, 1.807) is 37.3 Å². The maximum absolute atomic E-state index is 12.4. The fourth-order valence-electron chi connectivity index (χ4n) is 1.88. The molecule has 0 aliphatic carbocycles. The summed E-state index contributed by atoms with van der Waals surface area (Å²) in [4.78, 5) is 14.0. The number of rotatable bonds is 3. The average molecular weight is 343 g/mol. The molecule has 2 N–H and O–H groups in total. The highest BCUT2D eigenvalue weighted by Crippen LogP contribution is 2.23. The fourth-order valence-corrected chi connectivity index (χ4v) is 3.08. The predicted molar refractivity (Wildman–Crippen MR) is 80.2 cm³/mol. The number of amides is 1. The molecule has 0 saturated carbocycles. The smallest absolute Gasteiger partial charge is 0.274 e. The molecule has 0 atom stereocenters. The Morgan fingerprint density at radius 1 is 1.63 bits per heavy atom. The second-order valence-electron chi connectivity index (χ2n) is 4.39. The first-order chi connectivity index (χ1) is 8.90. The Morgan fingerprint density at radius 3 is 2.79 bits per heavy atom. The summed E-state index contributed by atoms with van der Waals surface area (Å²) in [5, 5.41) is 6.18. The van der Waals surface area contributed by atoms with Crippen LogP contribution in [-0.4, -0.2) is 27.6 Å². The number of carbonyl (C=O) groups is 1. The molecule has 0 aliphatic rings. The number of nitrogens with zero attached hydrogens (tertiary/aromatic N) is 3. The number of carbonyl (C=O) groups excluding carboxylic acids is 1. The van der Waals surface area contributed by atoms with Crippen molar-refractivity contribution in [1.29, 1.82) is 0 Å². The molecular weight excluding hydrogens is 328 g/mol. The van der Waals surface area contributed by atoms with Crippen molar-refractivity contribution in [2.24, 2.45) is 7.05 Å². The van der Waals surface area contributed by atoms with E-state index in [-0.39, 0.29) is 5.91 Å². The fraction of sp³-hybridized carbons (Fsp3) is 0.333. The van der Waals surface area contributed by atoms with Crippen LogP contribution in [0.25, 0.3) is 0 Å². The van der Waals surface area contributed by atoms with Crippen LogP contribution in [0.3, 0.4) is 0 Å². The van der Waals surface area contributed by atoms with Crippen LogP contribution in [0, 0.1) is 6.92 Å². The quantitative estimate of drug-likeness (QED) is 0.931. The lowest BCUT2D eigenvalue weighted by Crippen LogP contribution is -2.28. The third-order valence-electron chi connectivity index (χ3n) is 2.86. The molecular formula is C12H15BrN4OS. The summed E-state index contributed by atoms with van der Waals surface area (Å²) >= 11 is 5.01. The number of hydrogen-bond donors (Lipinski definition) is 1. The van der Waals surface area contributed by atoms with E-state index in [0.29, 0.717) is 23.6 Å². The maximum Gasteiger partial charge on any atom is 0.274 e. The monoisotopic (exact) mass is 342 g/mol. The standard InChI is InChI=1S/C12H15BrN4OS/c1-7-10(14)11(17(3)15-7)12(18)16(2)5-8-4-9(13)19-6-8/h4,6H,5,14H2,1-3H3. The maximum atomic E-state index is 12.4. The second-order valence-corrected chi connectivity index (χ2v) is 6.68. The molecule has 0 fully saturated rings. The largest absolute Gasteiger partial charge is 0.395 e. The lowest BCUT2D eigenvalue weighted by atomic mass is 10.2. The number of aryl methyl sites for hydroxylation is 2. The van der Waals surface area contributed by atoms with Gasteiger partial charge in [0, 0.05) is 20.6 Å². The summed E-state index contributed by atoms with van der Waals surface area (Å²) in [6.07, 6.45) is 0. The summed E-state index contributed by atoms with van der Waals surface area (Å²) in [6.45, 7) is 2.34. The van der Waals surface area contributed by atoms with Crippen molar-refractivity contribution in [3.63, 3.8) is 0 Å². The molecule has 0 saturated heterocycles. The van der Waals surface area contributed by atoms with Crippen molar-refractivity contribution < 1.29 is 4.79 Å². The normalized spacial score (nSPS) is 10.7. The van der Waals surface area contributed by atoms with Gasteiger partial charge in [0.15, 0.2) is 0 Å². The summed E-state index contributed by atoms with van der Waals surface area (Å²) in [7, 11) is 3.49. The first-order valence-corrected chi connectivity index (χ1v) is 7.35. The number of aromatic nitrogens is 2.